The molecule has 0 saturated heterocycles. The van der Waals surface area contributed by atoms with Gasteiger partial charge in [-0.05, 0) is 45.1 Å². The van der Waals surface area contributed by atoms with E-state index in [0.717, 1.165) is 16.7 Å². The first-order valence-electron chi connectivity index (χ1n) is 11.7. The van der Waals surface area contributed by atoms with Gasteiger partial charge in [-0.15, -0.1) is 0 Å². The van der Waals surface area contributed by atoms with Crippen LogP contribution in [0.2, 0.25) is 0 Å². The van der Waals surface area contributed by atoms with Crippen LogP contribution < -0.4 is 4.74 Å². The number of hydrogen-bond donors (Lipinski definition) is 1. The second-order valence-electron chi connectivity index (χ2n) is 9.53. The lowest BCUT2D eigenvalue weighted by Crippen LogP contribution is -2.51. The van der Waals surface area contributed by atoms with Crippen molar-refractivity contribution in [3.8, 4) is 17.0 Å². The molecule has 1 aliphatic heterocycles. The molecule has 0 fully saturated rings. The Balaban J connectivity index is 2.00. The molecule has 3 atom stereocenters. The lowest BCUT2D eigenvalue weighted by atomic mass is 9.98. The highest BCUT2D eigenvalue weighted by Crippen LogP contribution is 2.31. The van der Waals surface area contributed by atoms with Gasteiger partial charge in [0, 0.05) is 31.3 Å². The second kappa shape index (κ2) is 11.0. The highest BCUT2D eigenvalue weighted by Gasteiger charge is 2.34. The Labute approximate surface area is 202 Å². The van der Waals surface area contributed by atoms with Crippen molar-refractivity contribution in [2.24, 2.45) is 5.92 Å². The molecule has 0 radical (unpaired) electrons. The highest BCUT2D eigenvalue weighted by molar-refractivity contribution is 5.98. The van der Waals surface area contributed by atoms with Crippen molar-refractivity contribution in [1.82, 2.24) is 19.7 Å². The summed E-state index contributed by atoms with van der Waals surface area (Å²) in [5.74, 6) is -0.0644. The molecule has 0 spiro atoms. The predicted octanol–water partition coefficient (Wildman–Crippen LogP) is 2.30. The molecule has 2 amide bonds. The molecule has 2 heterocycles. The van der Waals surface area contributed by atoms with Crippen molar-refractivity contribution in [3.63, 3.8) is 0 Å². The smallest absolute Gasteiger partial charge is 0.259 e. The standard InChI is InChI=1S/C26H36N4O4/c1-17-9-7-8-10-21(17)20-11-22-25(27-12-20)34-23(14-29(6)24(32)15-28(4)5)18(2)13-30(26(22)33)19(3)16-31/h7-12,18-19,23,31H,13-16H2,1-6H3/t18-,19-,23-/m0/s1. The Bertz CT molecular complexity index is 1030. The molecule has 0 bridgehead atoms. The summed E-state index contributed by atoms with van der Waals surface area (Å²) in [4.78, 5) is 35.9. The van der Waals surface area contributed by atoms with Gasteiger partial charge in [0.1, 0.15) is 11.7 Å². The number of rotatable bonds is 7. The van der Waals surface area contributed by atoms with E-state index < -0.39 is 0 Å². The number of fused-ring (bicyclic) bond motifs is 1. The first kappa shape index (κ1) is 25.6. The largest absolute Gasteiger partial charge is 0.472 e. The maximum atomic E-state index is 13.6. The van der Waals surface area contributed by atoms with E-state index in [1.807, 2.05) is 70.1 Å². The zero-order valence-electron chi connectivity index (χ0n) is 21.0. The third kappa shape index (κ3) is 5.74. The van der Waals surface area contributed by atoms with Crippen LogP contribution in [0.1, 0.15) is 29.8 Å². The van der Waals surface area contributed by atoms with Crippen molar-refractivity contribution in [1.29, 1.82) is 0 Å². The number of hydrogen-bond acceptors (Lipinski definition) is 6. The number of nitrogens with zero attached hydrogens (tertiary/aromatic N) is 4. The zero-order valence-corrected chi connectivity index (χ0v) is 21.0. The van der Waals surface area contributed by atoms with Gasteiger partial charge in [0.05, 0.1) is 25.7 Å². The number of likely N-dealkylation sites (N-methyl/N-ethyl adjacent to an activating group) is 2. The van der Waals surface area contributed by atoms with E-state index in [9.17, 15) is 14.7 Å². The topological polar surface area (TPSA) is 86.2 Å². The Kier molecular flexibility index (Phi) is 8.28. The van der Waals surface area contributed by atoms with Gasteiger partial charge >= 0.3 is 0 Å². The van der Waals surface area contributed by atoms with Crippen LogP contribution in [0.4, 0.5) is 0 Å². The molecule has 1 aromatic heterocycles. The van der Waals surface area contributed by atoms with Crippen LogP contribution in [-0.2, 0) is 4.79 Å². The molecule has 0 saturated carbocycles. The molecule has 0 aliphatic carbocycles. The quantitative estimate of drug-likeness (QED) is 0.671. The molecule has 0 unspecified atom stereocenters. The van der Waals surface area contributed by atoms with Crippen LogP contribution in [-0.4, -0.2) is 96.1 Å². The number of ether oxygens (including phenoxy) is 1. The predicted molar refractivity (Wildman–Crippen MR) is 132 cm³/mol. The summed E-state index contributed by atoms with van der Waals surface area (Å²) < 4.78 is 6.30. The van der Waals surface area contributed by atoms with Gasteiger partial charge in [0.2, 0.25) is 11.8 Å². The minimum atomic E-state index is -0.367. The molecular formula is C26H36N4O4. The monoisotopic (exact) mass is 468 g/mol. The van der Waals surface area contributed by atoms with Gasteiger partial charge in [0.15, 0.2) is 0 Å². The molecule has 184 valence electrons. The molecule has 8 heteroatoms. The van der Waals surface area contributed by atoms with E-state index >= 15 is 0 Å². The van der Waals surface area contributed by atoms with Crippen molar-refractivity contribution in [2.45, 2.75) is 32.9 Å². The number of aromatic nitrogens is 1. The Morgan fingerprint density at radius 1 is 1.26 bits per heavy atom. The maximum absolute atomic E-state index is 13.6. The van der Waals surface area contributed by atoms with Crippen LogP contribution in [0.3, 0.4) is 0 Å². The molecule has 1 aromatic carbocycles. The third-order valence-corrected chi connectivity index (χ3v) is 6.31. The van der Waals surface area contributed by atoms with E-state index in [4.69, 9.17) is 4.74 Å². The van der Waals surface area contributed by atoms with Crippen molar-refractivity contribution >= 4 is 11.8 Å². The summed E-state index contributed by atoms with van der Waals surface area (Å²) in [7, 11) is 5.47. The third-order valence-electron chi connectivity index (χ3n) is 6.31. The number of carbonyl (C=O) groups excluding carboxylic acids is 2. The first-order chi connectivity index (χ1) is 16.1. The van der Waals surface area contributed by atoms with Crippen molar-refractivity contribution in [2.75, 3.05) is 47.4 Å². The lowest BCUT2D eigenvalue weighted by Gasteiger charge is -2.37. The molecule has 1 aliphatic rings. The SMILES string of the molecule is Cc1ccccc1-c1cnc2c(c1)C(=O)N([C@@H](C)CO)C[C@H](C)[C@H](CN(C)C(=O)CN(C)C)O2. The molecule has 34 heavy (non-hydrogen) atoms. The van der Waals surface area contributed by atoms with Gasteiger partial charge in [-0.1, -0.05) is 31.2 Å². The summed E-state index contributed by atoms with van der Waals surface area (Å²) in [5.41, 5.74) is 3.26. The van der Waals surface area contributed by atoms with E-state index in [2.05, 4.69) is 4.98 Å². The summed E-state index contributed by atoms with van der Waals surface area (Å²) in [6.45, 7) is 6.75. The minimum Gasteiger partial charge on any atom is -0.472 e. The van der Waals surface area contributed by atoms with Crippen molar-refractivity contribution < 1.29 is 19.4 Å². The minimum absolute atomic E-state index is 0.0115. The zero-order chi connectivity index (χ0) is 25.0. The van der Waals surface area contributed by atoms with Gasteiger partial charge in [-0.3, -0.25) is 9.59 Å². The van der Waals surface area contributed by atoms with E-state index in [0.29, 0.717) is 25.2 Å². The fraction of sp³-hybridized carbons (Fsp3) is 0.500. The number of carbonyl (C=O) groups is 2. The maximum Gasteiger partial charge on any atom is 0.259 e. The number of aryl methyl sites for hydroxylation is 1. The fourth-order valence-electron chi connectivity index (χ4n) is 4.13. The lowest BCUT2D eigenvalue weighted by molar-refractivity contribution is -0.132. The Morgan fingerprint density at radius 3 is 2.62 bits per heavy atom. The number of benzene rings is 1. The first-order valence-corrected chi connectivity index (χ1v) is 11.7. The van der Waals surface area contributed by atoms with Gasteiger partial charge in [-0.25, -0.2) is 4.98 Å². The molecule has 2 aromatic rings. The number of amides is 2. The molecular weight excluding hydrogens is 432 g/mol. The van der Waals surface area contributed by atoms with E-state index in [1.54, 1.807) is 23.0 Å². The van der Waals surface area contributed by atoms with Gasteiger partial charge in [-0.2, -0.15) is 0 Å². The Hall–Kier alpha value is -2.97. The van der Waals surface area contributed by atoms with E-state index in [-0.39, 0.29) is 42.4 Å². The number of aliphatic hydroxyl groups is 1. The van der Waals surface area contributed by atoms with Crippen molar-refractivity contribution in [3.05, 3.63) is 47.7 Å². The number of pyridine rings is 1. The summed E-state index contributed by atoms with van der Waals surface area (Å²) in [5, 5.41) is 9.84. The van der Waals surface area contributed by atoms with Gasteiger partial charge < -0.3 is 24.5 Å². The average molecular weight is 469 g/mol. The molecule has 1 N–H and O–H groups in total. The summed E-state index contributed by atoms with van der Waals surface area (Å²) >= 11 is 0. The Morgan fingerprint density at radius 2 is 1.97 bits per heavy atom. The van der Waals surface area contributed by atoms with Crippen LogP contribution in [0, 0.1) is 12.8 Å². The van der Waals surface area contributed by atoms with Gasteiger partial charge in [0.25, 0.3) is 5.91 Å². The van der Waals surface area contributed by atoms with Crippen LogP contribution in [0.15, 0.2) is 36.5 Å². The van der Waals surface area contributed by atoms with E-state index in [1.165, 1.54) is 0 Å². The summed E-state index contributed by atoms with van der Waals surface area (Å²) in [6.07, 6.45) is 1.35. The normalized spacial score (nSPS) is 19.2. The molecule has 3 rings (SSSR count). The second-order valence-corrected chi connectivity index (χ2v) is 9.53. The van der Waals surface area contributed by atoms with Crippen LogP contribution >= 0.6 is 0 Å². The number of aliphatic hydroxyl groups excluding tert-OH is 1. The van der Waals surface area contributed by atoms with Crippen LogP contribution in [0.25, 0.3) is 11.1 Å². The average Bonchev–Trinajstić information content (AvgIpc) is 2.80. The highest BCUT2D eigenvalue weighted by atomic mass is 16.5. The summed E-state index contributed by atoms with van der Waals surface area (Å²) in [6, 6.07) is 9.39. The van der Waals surface area contributed by atoms with Crippen LogP contribution in [0.5, 0.6) is 5.88 Å². The fourth-order valence-corrected chi connectivity index (χ4v) is 4.13. The molecule has 8 nitrogen and oxygen atoms in total.